The van der Waals surface area contributed by atoms with E-state index in [0.717, 1.165) is 39.4 Å². The van der Waals surface area contributed by atoms with Crippen LogP contribution in [0.25, 0.3) is 0 Å². The van der Waals surface area contributed by atoms with Crippen LogP contribution in [0.1, 0.15) is 24.9 Å². The lowest BCUT2D eigenvalue weighted by Crippen LogP contribution is -2.37. The smallest absolute Gasteiger partial charge is 0.0594 e. The number of morpholine rings is 1. The van der Waals surface area contributed by atoms with Gasteiger partial charge in [-0.15, -0.1) is 0 Å². The molecule has 1 atom stereocenters. The van der Waals surface area contributed by atoms with E-state index in [4.69, 9.17) is 4.74 Å². The van der Waals surface area contributed by atoms with Crippen molar-refractivity contribution in [3.63, 3.8) is 0 Å². The molecule has 1 N–H and O–H groups in total. The van der Waals surface area contributed by atoms with E-state index in [1.807, 2.05) is 18.5 Å². The highest BCUT2D eigenvalue weighted by Gasteiger charge is 2.09. The monoisotopic (exact) mass is 249 g/mol. The molecule has 4 heteroatoms. The molecule has 0 bridgehead atoms. The van der Waals surface area contributed by atoms with E-state index in [9.17, 15) is 0 Å². The Morgan fingerprint density at radius 2 is 2.28 bits per heavy atom. The van der Waals surface area contributed by atoms with E-state index in [1.165, 1.54) is 12.0 Å². The molecule has 1 aromatic heterocycles. The van der Waals surface area contributed by atoms with Crippen molar-refractivity contribution in [1.82, 2.24) is 15.2 Å². The Morgan fingerprint density at radius 3 is 3.00 bits per heavy atom. The topological polar surface area (TPSA) is 37.4 Å². The molecule has 18 heavy (non-hydrogen) atoms. The predicted molar refractivity (Wildman–Crippen MR) is 72.5 cm³/mol. The number of hydrogen-bond donors (Lipinski definition) is 1. The number of rotatable bonds is 6. The number of ether oxygens (including phenoxy) is 1. The average molecular weight is 249 g/mol. The van der Waals surface area contributed by atoms with Crippen LogP contribution >= 0.6 is 0 Å². The van der Waals surface area contributed by atoms with Crippen LogP contribution in [0.4, 0.5) is 0 Å². The Kier molecular flexibility index (Phi) is 5.58. The summed E-state index contributed by atoms with van der Waals surface area (Å²) < 4.78 is 5.34. The minimum absolute atomic E-state index is 0.378. The van der Waals surface area contributed by atoms with Crippen LogP contribution in [0.5, 0.6) is 0 Å². The van der Waals surface area contributed by atoms with Crippen LogP contribution < -0.4 is 5.32 Å². The molecule has 2 heterocycles. The van der Waals surface area contributed by atoms with E-state index in [2.05, 4.69) is 28.2 Å². The summed E-state index contributed by atoms with van der Waals surface area (Å²) in [6.45, 7) is 8.34. The molecule has 1 saturated heterocycles. The third-order valence-corrected chi connectivity index (χ3v) is 3.39. The Morgan fingerprint density at radius 1 is 1.44 bits per heavy atom. The van der Waals surface area contributed by atoms with Crippen molar-refractivity contribution in [3.8, 4) is 0 Å². The summed E-state index contributed by atoms with van der Waals surface area (Å²) in [5.41, 5.74) is 1.25. The van der Waals surface area contributed by atoms with Crippen molar-refractivity contribution in [3.05, 3.63) is 30.1 Å². The second kappa shape index (κ2) is 7.46. The van der Waals surface area contributed by atoms with E-state index in [1.54, 1.807) is 0 Å². The van der Waals surface area contributed by atoms with Crippen molar-refractivity contribution in [2.45, 2.75) is 19.4 Å². The van der Waals surface area contributed by atoms with Crippen molar-refractivity contribution in [2.75, 3.05) is 39.4 Å². The molecule has 2 rings (SSSR count). The van der Waals surface area contributed by atoms with Crippen molar-refractivity contribution < 1.29 is 4.74 Å². The quantitative estimate of drug-likeness (QED) is 0.774. The maximum Gasteiger partial charge on any atom is 0.0594 e. The second-order valence-corrected chi connectivity index (χ2v) is 4.77. The lowest BCUT2D eigenvalue weighted by atomic mass is 10.1. The number of nitrogens with zero attached hydrogens (tertiary/aromatic N) is 2. The van der Waals surface area contributed by atoms with Crippen LogP contribution in [0.2, 0.25) is 0 Å². The molecule has 1 unspecified atom stereocenters. The van der Waals surface area contributed by atoms with Gasteiger partial charge in [-0.3, -0.25) is 9.88 Å². The third-order valence-electron chi connectivity index (χ3n) is 3.39. The second-order valence-electron chi connectivity index (χ2n) is 4.77. The van der Waals surface area contributed by atoms with Gasteiger partial charge >= 0.3 is 0 Å². The lowest BCUT2D eigenvalue weighted by Gasteiger charge is -2.26. The molecule has 1 aromatic rings. The van der Waals surface area contributed by atoms with E-state index in [0.29, 0.717) is 6.04 Å². The highest BCUT2D eigenvalue weighted by Crippen LogP contribution is 2.09. The SMILES string of the molecule is CC(NCCCN1CCOCC1)c1cccnc1. The van der Waals surface area contributed by atoms with Gasteiger partial charge in [0, 0.05) is 31.5 Å². The fourth-order valence-corrected chi connectivity index (χ4v) is 2.20. The number of aromatic nitrogens is 1. The van der Waals surface area contributed by atoms with Crippen molar-refractivity contribution >= 4 is 0 Å². The standard InChI is InChI=1S/C14H23N3O/c1-13(14-4-2-5-15-12-14)16-6-3-7-17-8-10-18-11-9-17/h2,4-5,12-13,16H,3,6-11H2,1H3. The van der Waals surface area contributed by atoms with Gasteiger partial charge in [-0.05, 0) is 38.1 Å². The summed E-state index contributed by atoms with van der Waals surface area (Å²) >= 11 is 0. The lowest BCUT2D eigenvalue weighted by molar-refractivity contribution is 0.0374. The maximum absolute atomic E-state index is 5.34. The van der Waals surface area contributed by atoms with Crippen LogP contribution in [0.15, 0.2) is 24.5 Å². The van der Waals surface area contributed by atoms with Crippen LogP contribution in [-0.4, -0.2) is 49.3 Å². The molecule has 0 aliphatic carbocycles. The molecule has 0 amide bonds. The van der Waals surface area contributed by atoms with Crippen LogP contribution in [-0.2, 0) is 4.74 Å². The first-order chi connectivity index (χ1) is 8.86. The molecule has 0 aromatic carbocycles. The molecule has 1 aliphatic rings. The van der Waals surface area contributed by atoms with Gasteiger partial charge < -0.3 is 10.1 Å². The minimum Gasteiger partial charge on any atom is -0.379 e. The highest BCUT2D eigenvalue weighted by atomic mass is 16.5. The van der Waals surface area contributed by atoms with Gasteiger partial charge in [0.1, 0.15) is 0 Å². The van der Waals surface area contributed by atoms with Gasteiger partial charge in [-0.1, -0.05) is 6.07 Å². The molecule has 4 nitrogen and oxygen atoms in total. The van der Waals surface area contributed by atoms with E-state index < -0.39 is 0 Å². The van der Waals surface area contributed by atoms with Gasteiger partial charge in [0.15, 0.2) is 0 Å². The summed E-state index contributed by atoms with van der Waals surface area (Å²) in [6, 6.07) is 4.48. The zero-order valence-electron chi connectivity index (χ0n) is 11.1. The molecule has 0 spiro atoms. The molecule has 1 aliphatic heterocycles. The number of hydrogen-bond acceptors (Lipinski definition) is 4. The van der Waals surface area contributed by atoms with Crippen molar-refractivity contribution in [2.24, 2.45) is 0 Å². The van der Waals surface area contributed by atoms with Gasteiger partial charge in [0.2, 0.25) is 0 Å². The zero-order chi connectivity index (χ0) is 12.6. The first kappa shape index (κ1) is 13.5. The average Bonchev–Trinajstić information content (AvgIpc) is 2.45. The first-order valence-electron chi connectivity index (χ1n) is 6.79. The molecular formula is C14H23N3O. The largest absolute Gasteiger partial charge is 0.379 e. The molecule has 0 radical (unpaired) electrons. The minimum atomic E-state index is 0.378. The van der Waals surface area contributed by atoms with Crippen LogP contribution in [0, 0.1) is 0 Å². The Labute approximate surface area is 109 Å². The summed E-state index contributed by atoms with van der Waals surface area (Å²) in [4.78, 5) is 6.62. The highest BCUT2D eigenvalue weighted by molar-refractivity contribution is 5.12. The normalized spacial score (nSPS) is 18.7. The predicted octanol–water partition coefficient (Wildman–Crippen LogP) is 1.45. The van der Waals surface area contributed by atoms with E-state index in [-0.39, 0.29) is 0 Å². The molecule has 1 fully saturated rings. The first-order valence-corrected chi connectivity index (χ1v) is 6.79. The molecular weight excluding hydrogens is 226 g/mol. The Balaban J connectivity index is 1.60. The summed E-state index contributed by atoms with van der Waals surface area (Å²) in [5.74, 6) is 0. The van der Waals surface area contributed by atoms with Gasteiger partial charge in [0.05, 0.1) is 13.2 Å². The molecule has 100 valence electrons. The van der Waals surface area contributed by atoms with E-state index >= 15 is 0 Å². The number of pyridine rings is 1. The Hall–Kier alpha value is -0.970. The van der Waals surface area contributed by atoms with Crippen molar-refractivity contribution in [1.29, 1.82) is 0 Å². The van der Waals surface area contributed by atoms with Gasteiger partial charge in [0.25, 0.3) is 0 Å². The summed E-state index contributed by atoms with van der Waals surface area (Å²) in [6.07, 6.45) is 4.93. The van der Waals surface area contributed by atoms with Gasteiger partial charge in [-0.2, -0.15) is 0 Å². The zero-order valence-corrected chi connectivity index (χ0v) is 11.1. The fourth-order valence-electron chi connectivity index (χ4n) is 2.20. The fraction of sp³-hybridized carbons (Fsp3) is 0.643. The summed E-state index contributed by atoms with van der Waals surface area (Å²) in [7, 11) is 0. The third kappa shape index (κ3) is 4.37. The number of nitrogens with one attached hydrogen (secondary N) is 1. The Bertz CT molecular complexity index is 325. The van der Waals surface area contributed by atoms with Crippen LogP contribution in [0.3, 0.4) is 0 Å². The molecule has 0 saturated carbocycles. The summed E-state index contributed by atoms with van der Waals surface area (Å²) in [5, 5.41) is 3.54. The maximum atomic E-state index is 5.34. The van der Waals surface area contributed by atoms with Gasteiger partial charge in [-0.25, -0.2) is 0 Å².